The van der Waals surface area contributed by atoms with Gasteiger partial charge in [0.2, 0.25) is 0 Å². The lowest BCUT2D eigenvalue weighted by molar-refractivity contribution is 0.0642. The highest BCUT2D eigenvalue weighted by Crippen LogP contribution is 2.24. The van der Waals surface area contributed by atoms with E-state index in [9.17, 15) is 14.4 Å². The highest BCUT2D eigenvalue weighted by molar-refractivity contribution is 6.21. The number of nitrogens with one attached hydrogen (secondary N) is 1. The second-order valence-corrected chi connectivity index (χ2v) is 7.90. The summed E-state index contributed by atoms with van der Waals surface area (Å²) in [4.78, 5) is 45.8. The van der Waals surface area contributed by atoms with E-state index in [2.05, 4.69) is 15.2 Å². The normalized spacial score (nSPS) is 15.5. The Balaban J connectivity index is 1.26. The molecule has 0 atom stereocenters. The number of rotatable bonds is 5. The Morgan fingerprint density at radius 1 is 0.939 bits per heavy atom. The first kappa shape index (κ1) is 20.8. The fourth-order valence-corrected chi connectivity index (χ4v) is 4.02. The van der Waals surface area contributed by atoms with Gasteiger partial charge in [0.25, 0.3) is 17.7 Å². The van der Waals surface area contributed by atoms with Gasteiger partial charge in [0.1, 0.15) is 5.82 Å². The van der Waals surface area contributed by atoms with E-state index in [1.807, 2.05) is 12.1 Å². The Labute approximate surface area is 190 Å². The van der Waals surface area contributed by atoms with Gasteiger partial charge < -0.3 is 15.0 Å². The molecule has 33 heavy (non-hydrogen) atoms. The van der Waals surface area contributed by atoms with Crippen molar-refractivity contribution in [3.63, 3.8) is 0 Å². The van der Waals surface area contributed by atoms with Gasteiger partial charge in [-0.05, 0) is 42.0 Å². The molecule has 1 N–H and O–H groups in total. The molecule has 3 aromatic rings. The highest BCUT2D eigenvalue weighted by atomic mass is 16.5. The van der Waals surface area contributed by atoms with Crippen LogP contribution in [0.5, 0.6) is 0 Å². The first-order chi connectivity index (χ1) is 16.1. The van der Waals surface area contributed by atoms with E-state index in [4.69, 9.17) is 4.74 Å². The van der Waals surface area contributed by atoms with Crippen molar-refractivity contribution in [2.75, 3.05) is 36.5 Å². The molecule has 0 aliphatic carbocycles. The lowest BCUT2D eigenvalue weighted by atomic mass is 10.1. The van der Waals surface area contributed by atoms with Gasteiger partial charge >= 0.3 is 0 Å². The van der Waals surface area contributed by atoms with Crippen molar-refractivity contribution >= 4 is 29.2 Å². The van der Waals surface area contributed by atoms with E-state index >= 15 is 0 Å². The minimum Gasteiger partial charge on any atom is -0.378 e. The van der Waals surface area contributed by atoms with Crippen LogP contribution in [0.1, 0.15) is 36.6 Å². The predicted molar refractivity (Wildman–Crippen MR) is 122 cm³/mol. The van der Waals surface area contributed by atoms with E-state index in [0.29, 0.717) is 41.2 Å². The second-order valence-electron chi connectivity index (χ2n) is 7.90. The van der Waals surface area contributed by atoms with Crippen molar-refractivity contribution in [1.82, 2.24) is 9.88 Å². The summed E-state index contributed by atoms with van der Waals surface area (Å²) in [5.41, 5.74) is 2.52. The van der Waals surface area contributed by atoms with Crippen molar-refractivity contribution in [2.24, 2.45) is 0 Å². The molecule has 2 aliphatic rings. The average Bonchev–Trinajstić information content (AvgIpc) is 3.10. The first-order valence-electron chi connectivity index (χ1n) is 10.7. The molecule has 1 saturated heterocycles. The van der Waals surface area contributed by atoms with Crippen LogP contribution in [0, 0.1) is 0 Å². The van der Waals surface area contributed by atoms with Gasteiger partial charge in [0.15, 0.2) is 0 Å². The summed E-state index contributed by atoms with van der Waals surface area (Å²) in [5, 5.41) is 2.85. The maximum atomic E-state index is 12.8. The van der Waals surface area contributed by atoms with Crippen molar-refractivity contribution in [1.29, 1.82) is 0 Å². The van der Waals surface area contributed by atoms with Crippen LogP contribution in [0.3, 0.4) is 0 Å². The summed E-state index contributed by atoms with van der Waals surface area (Å²) >= 11 is 0. The van der Waals surface area contributed by atoms with Crippen LogP contribution >= 0.6 is 0 Å². The number of morpholine rings is 1. The molecule has 0 spiro atoms. The van der Waals surface area contributed by atoms with Crippen molar-refractivity contribution in [3.8, 4) is 0 Å². The van der Waals surface area contributed by atoms with Crippen molar-refractivity contribution in [2.45, 2.75) is 6.54 Å². The quantitative estimate of drug-likeness (QED) is 0.611. The third-order valence-corrected chi connectivity index (χ3v) is 5.75. The zero-order valence-corrected chi connectivity index (χ0v) is 17.9. The standard InChI is InChI=1S/C25H22N4O4/c30-23(27-19-8-9-22(26-15-19)28-10-12-33-13-11-28)18-5-3-4-17(14-18)16-29-24(31)20-6-1-2-7-21(20)25(29)32/h1-9,14-15H,10-13,16H2,(H,27,30). The Hall–Kier alpha value is -4.04. The molecular formula is C25H22N4O4. The molecule has 0 saturated carbocycles. The minimum atomic E-state index is -0.322. The topological polar surface area (TPSA) is 91.8 Å². The van der Waals surface area contributed by atoms with Gasteiger partial charge in [-0.1, -0.05) is 24.3 Å². The van der Waals surface area contributed by atoms with E-state index in [0.717, 1.165) is 18.9 Å². The third-order valence-electron chi connectivity index (χ3n) is 5.75. The molecule has 166 valence electrons. The van der Waals surface area contributed by atoms with Crippen molar-refractivity contribution < 1.29 is 19.1 Å². The van der Waals surface area contributed by atoms with Crippen molar-refractivity contribution in [3.05, 3.63) is 89.1 Å². The van der Waals surface area contributed by atoms with Gasteiger partial charge in [0, 0.05) is 18.7 Å². The fraction of sp³-hybridized carbons (Fsp3) is 0.200. The van der Waals surface area contributed by atoms with Gasteiger partial charge in [-0.3, -0.25) is 19.3 Å². The molecule has 0 unspecified atom stereocenters. The number of amides is 3. The van der Waals surface area contributed by atoms with Crippen LogP contribution in [0.15, 0.2) is 66.9 Å². The number of carbonyl (C=O) groups is 3. The lowest BCUT2D eigenvalue weighted by Gasteiger charge is -2.27. The molecule has 2 aromatic carbocycles. The number of pyridine rings is 1. The smallest absolute Gasteiger partial charge is 0.261 e. The molecule has 1 fully saturated rings. The molecule has 8 heteroatoms. The number of imide groups is 1. The number of carbonyl (C=O) groups excluding carboxylic acids is 3. The highest BCUT2D eigenvalue weighted by Gasteiger charge is 2.35. The number of nitrogens with zero attached hydrogens (tertiary/aromatic N) is 3. The number of ether oxygens (including phenoxy) is 1. The molecule has 1 aromatic heterocycles. The fourth-order valence-electron chi connectivity index (χ4n) is 4.02. The van der Waals surface area contributed by atoms with Crippen LogP contribution in [0.25, 0.3) is 0 Å². The molecule has 2 aliphatic heterocycles. The Morgan fingerprint density at radius 3 is 2.33 bits per heavy atom. The summed E-state index contributed by atoms with van der Waals surface area (Å²) in [7, 11) is 0. The van der Waals surface area contributed by atoms with Gasteiger partial charge in [-0.25, -0.2) is 4.98 Å². The Bertz CT molecular complexity index is 1180. The van der Waals surface area contributed by atoms with Crippen LogP contribution in [-0.2, 0) is 11.3 Å². The van der Waals surface area contributed by atoms with E-state index in [1.165, 1.54) is 4.90 Å². The zero-order chi connectivity index (χ0) is 22.8. The molecular weight excluding hydrogens is 420 g/mol. The van der Waals surface area contributed by atoms with Crippen LogP contribution in [0.2, 0.25) is 0 Å². The van der Waals surface area contributed by atoms with Gasteiger partial charge in [-0.15, -0.1) is 0 Å². The van der Waals surface area contributed by atoms with Gasteiger partial charge in [0.05, 0.1) is 42.8 Å². The SMILES string of the molecule is O=C(Nc1ccc(N2CCOCC2)nc1)c1cccc(CN2C(=O)c3ccccc3C2=O)c1. The number of hydrogen-bond acceptors (Lipinski definition) is 6. The van der Waals surface area contributed by atoms with E-state index in [-0.39, 0.29) is 24.3 Å². The lowest BCUT2D eigenvalue weighted by Crippen LogP contribution is -2.36. The molecule has 0 radical (unpaired) electrons. The molecule has 8 nitrogen and oxygen atoms in total. The third kappa shape index (κ3) is 4.20. The number of fused-ring (bicyclic) bond motifs is 1. The maximum Gasteiger partial charge on any atom is 0.261 e. The first-order valence-corrected chi connectivity index (χ1v) is 10.7. The zero-order valence-electron chi connectivity index (χ0n) is 17.9. The summed E-state index contributed by atoms with van der Waals surface area (Å²) in [6.45, 7) is 3.04. The molecule has 5 rings (SSSR count). The summed E-state index contributed by atoms with van der Waals surface area (Å²) in [5.74, 6) is -0.0897. The Morgan fingerprint density at radius 2 is 1.67 bits per heavy atom. The maximum absolute atomic E-state index is 12.8. The van der Waals surface area contributed by atoms with Gasteiger partial charge in [-0.2, -0.15) is 0 Å². The predicted octanol–water partition coefficient (Wildman–Crippen LogP) is 2.97. The van der Waals surface area contributed by atoms with E-state index < -0.39 is 0 Å². The van der Waals surface area contributed by atoms with Crippen LogP contribution < -0.4 is 10.2 Å². The minimum absolute atomic E-state index is 0.100. The summed E-state index contributed by atoms with van der Waals surface area (Å²) in [6, 6.07) is 17.4. The molecule has 3 heterocycles. The summed E-state index contributed by atoms with van der Waals surface area (Å²) in [6.07, 6.45) is 1.63. The Kier molecular flexibility index (Phi) is 5.58. The summed E-state index contributed by atoms with van der Waals surface area (Å²) < 4.78 is 5.36. The number of hydrogen-bond donors (Lipinski definition) is 1. The van der Waals surface area contributed by atoms with E-state index in [1.54, 1.807) is 54.7 Å². The number of aromatic nitrogens is 1. The van der Waals surface area contributed by atoms with Crippen LogP contribution in [-0.4, -0.2) is 53.9 Å². The average molecular weight is 442 g/mol. The molecule has 0 bridgehead atoms. The van der Waals surface area contributed by atoms with Crippen LogP contribution in [0.4, 0.5) is 11.5 Å². The number of benzene rings is 2. The molecule has 3 amide bonds. The second kappa shape index (κ2) is 8.84. The monoisotopic (exact) mass is 442 g/mol. The largest absolute Gasteiger partial charge is 0.378 e. The number of anilines is 2.